The van der Waals surface area contributed by atoms with Gasteiger partial charge in [0.1, 0.15) is 5.82 Å². The molecule has 4 aromatic rings. The van der Waals surface area contributed by atoms with Crippen LogP contribution in [0.15, 0.2) is 48.5 Å². The number of amides is 1. The molecule has 0 bridgehead atoms. The van der Waals surface area contributed by atoms with Gasteiger partial charge in [-0.1, -0.05) is 41.2 Å². The van der Waals surface area contributed by atoms with Crippen LogP contribution in [0.3, 0.4) is 0 Å². The number of hydrogen-bond donors (Lipinski definition) is 1. The average Bonchev–Trinajstić information content (AvgIpc) is 3.40. The number of fused-ring (bicyclic) bond motifs is 1. The summed E-state index contributed by atoms with van der Waals surface area (Å²) in [5.74, 6) is -0.251. The van der Waals surface area contributed by atoms with E-state index in [1.165, 1.54) is 17.7 Å². The van der Waals surface area contributed by atoms with Crippen molar-refractivity contribution in [2.24, 2.45) is 5.92 Å². The molecule has 0 saturated carbocycles. The number of halogens is 1. The summed E-state index contributed by atoms with van der Waals surface area (Å²) in [6, 6.07) is 14.5. The van der Waals surface area contributed by atoms with Crippen LogP contribution in [0.2, 0.25) is 0 Å². The molecular formula is C25H26FN5OS. The van der Waals surface area contributed by atoms with E-state index in [1.54, 1.807) is 28.2 Å². The summed E-state index contributed by atoms with van der Waals surface area (Å²) >= 11 is 1.60. The van der Waals surface area contributed by atoms with Gasteiger partial charge in [-0.25, -0.2) is 9.07 Å². The number of nitrogens with one attached hydrogen (secondary N) is 1. The third kappa shape index (κ3) is 4.48. The normalized spacial score (nSPS) is 16.3. The molecule has 3 heterocycles. The van der Waals surface area contributed by atoms with Crippen molar-refractivity contribution in [1.82, 2.24) is 20.1 Å². The molecule has 1 amide bonds. The Labute approximate surface area is 196 Å². The number of piperidine rings is 1. The van der Waals surface area contributed by atoms with Crippen molar-refractivity contribution in [2.45, 2.75) is 33.2 Å². The summed E-state index contributed by atoms with van der Waals surface area (Å²) in [6.07, 6.45) is 1.82. The Morgan fingerprint density at radius 3 is 2.67 bits per heavy atom. The highest BCUT2D eigenvalue weighted by Gasteiger charge is 2.28. The summed E-state index contributed by atoms with van der Waals surface area (Å²) in [5.41, 5.74) is 4.75. The lowest BCUT2D eigenvalue weighted by Gasteiger charge is -2.31. The van der Waals surface area contributed by atoms with Gasteiger partial charge in [0, 0.05) is 19.6 Å². The van der Waals surface area contributed by atoms with Gasteiger partial charge in [-0.05, 0) is 56.5 Å². The summed E-state index contributed by atoms with van der Waals surface area (Å²) in [4.78, 5) is 19.9. The molecule has 2 aromatic carbocycles. The molecule has 33 heavy (non-hydrogen) atoms. The van der Waals surface area contributed by atoms with Gasteiger partial charge in [-0.15, -0.1) is 0 Å². The number of nitrogens with zero attached hydrogens (tertiary/aromatic N) is 4. The zero-order chi connectivity index (χ0) is 22.9. The minimum Gasteiger partial charge on any atom is -0.352 e. The van der Waals surface area contributed by atoms with Crippen molar-refractivity contribution in [3.63, 3.8) is 0 Å². The fourth-order valence-electron chi connectivity index (χ4n) is 4.23. The van der Waals surface area contributed by atoms with Crippen LogP contribution >= 0.6 is 11.3 Å². The lowest BCUT2D eigenvalue weighted by molar-refractivity contribution is -0.125. The summed E-state index contributed by atoms with van der Waals surface area (Å²) < 4.78 is 16.1. The number of benzene rings is 2. The van der Waals surface area contributed by atoms with Crippen molar-refractivity contribution < 1.29 is 9.18 Å². The lowest BCUT2D eigenvalue weighted by Crippen LogP contribution is -2.43. The fourth-order valence-corrected chi connectivity index (χ4v) is 5.25. The van der Waals surface area contributed by atoms with Crippen molar-refractivity contribution in [2.75, 3.05) is 18.0 Å². The Bertz CT molecular complexity index is 1280. The van der Waals surface area contributed by atoms with Crippen LogP contribution < -0.4 is 10.2 Å². The highest BCUT2D eigenvalue weighted by atomic mass is 32.1. The van der Waals surface area contributed by atoms with E-state index in [4.69, 9.17) is 4.98 Å². The quantitative estimate of drug-likeness (QED) is 0.463. The monoisotopic (exact) mass is 463 g/mol. The van der Waals surface area contributed by atoms with E-state index in [0.29, 0.717) is 13.1 Å². The molecule has 6 nitrogen and oxygen atoms in total. The first kappa shape index (κ1) is 21.6. The zero-order valence-electron chi connectivity index (χ0n) is 18.7. The standard InChI is InChI=1S/C25H26FN5OS/c1-16-5-7-18(8-6-16)14-27-24(32)19-4-3-13-30(15-19)25-28-23-22(33-25)17(2)29-31(23)21-11-9-20(26)10-12-21/h5-12,19H,3-4,13-15H2,1-2H3,(H,27,32). The highest BCUT2D eigenvalue weighted by Crippen LogP contribution is 2.34. The Balaban J connectivity index is 1.31. The van der Waals surface area contributed by atoms with Crippen LogP contribution in [-0.2, 0) is 11.3 Å². The molecule has 1 atom stereocenters. The van der Waals surface area contributed by atoms with Crippen LogP contribution in [0.4, 0.5) is 9.52 Å². The molecule has 1 aliphatic rings. The number of aromatic nitrogens is 3. The maximum absolute atomic E-state index is 13.4. The van der Waals surface area contributed by atoms with Crippen molar-refractivity contribution in [3.05, 3.63) is 71.2 Å². The van der Waals surface area contributed by atoms with E-state index < -0.39 is 0 Å². The first-order chi connectivity index (χ1) is 16.0. The number of carbonyl (C=O) groups is 1. The molecule has 170 valence electrons. The third-order valence-corrected chi connectivity index (χ3v) is 7.31. The second kappa shape index (κ2) is 8.94. The maximum Gasteiger partial charge on any atom is 0.225 e. The minimum absolute atomic E-state index is 0.0640. The molecule has 5 rings (SSSR count). The predicted octanol–water partition coefficient (Wildman–Crippen LogP) is 4.77. The molecule has 1 aliphatic heterocycles. The lowest BCUT2D eigenvalue weighted by atomic mass is 9.97. The second-order valence-corrected chi connectivity index (χ2v) is 9.59. The molecule has 8 heteroatoms. The number of rotatable bonds is 5. The van der Waals surface area contributed by atoms with E-state index in [0.717, 1.165) is 51.8 Å². The summed E-state index contributed by atoms with van der Waals surface area (Å²) in [7, 11) is 0. The summed E-state index contributed by atoms with van der Waals surface area (Å²) in [5, 5.41) is 8.60. The van der Waals surface area contributed by atoms with Gasteiger partial charge in [0.15, 0.2) is 10.8 Å². The Morgan fingerprint density at radius 2 is 1.91 bits per heavy atom. The van der Waals surface area contributed by atoms with E-state index in [1.807, 2.05) is 6.92 Å². The predicted molar refractivity (Wildman–Crippen MR) is 129 cm³/mol. The van der Waals surface area contributed by atoms with E-state index in [-0.39, 0.29) is 17.6 Å². The van der Waals surface area contributed by atoms with Crippen molar-refractivity contribution in [3.8, 4) is 5.69 Å². The van der Waals surface area contributed by atoms with Crippen LogP contribution in [0.5, 0.6) is 0 Å². The Morgan fingerprint density at radius 1 is 1.15 bits per heavy atom. The third-order valence-electron chi connectivity index (χ3n) is 6.10. The molecular weight excluding hydrogens is 437 g/mol. The van der Waals surface area contributed by atoms with E-state index >= 15 is 0 Å². The zero-order valence-corrected chi connectivity index (χ0v) is 19.5. The van der Waals surface area contributed by atoms with Gasteiger partial charge in [0.2, 0.25) is 5.91 Å². The molecule has 1 fully saturated rings. The van der Waals surface area contributed by atoms with Gasteiger partial charge < -0.3 is 10.2 Å². The van der Waals surface area contributed by atoms with Crippen LogP contribution in [0.1, 0.15) is 29.7 Å². The SMILES string of the molecule is Cc1ccc(CNC(=O)C2CCCN(c3nc4c(s3)c(C)nn4-c3ccc(F)cc3)C2)cc1. The number of carbonyl (C=O) groups excluding carboxylic acids is 1. The van der Waals surface area contributed by atoms with Crippen molar-refractivity contribution in [1.29, 1.82) is 0 Å². The number of thiazole rings is 1. The topological polar surface area (TPSA) is 63.1 Å². The first-order valence-electron chi connectivity index (χ1n) is 11.2. The number of aryl methyl sites for hydroxylation is 2. The molecule has 2 aromatic heterocycles. The first-order valence-corrected chi connectivity index (χ1v) is 12.0. The minimum atomic E-state index is -0.280. The number of hydrogen-bond acceptors (Lipinski definition) is 5. The van der Waals surface area contributed by atoms with Gasteiger partial charge in [0.25, 0.3) is 0 Å². The van der Waals surface area contributed by atoms with Crippen LogP contribution in [0.25, 0.3) is 16.0 Å². The van der Waals surface area contributed by atoms with Gasteiger partial charge >= 0.3 is 0 Å². The van der Waals surface area contributed by atoms with E-state index in [2.05, 4.69) is 46.5 Å². The molecule has 1 saturated heterocycles. The van der Waals surface area contributed by atoms with Crippen LogP contribution in [-0.4, -0.2) is 33.8 Å². The molecule has 0 radical (unpaired) electrons. The molecule has 1 N–H and O–H groups in total. The Hall–Kier alpha value is -3.26. The molecule has 0 spiro atoms. The largest absolute Gasteiger partial charge is 0.352 e. The second-order valence-electron chi connectivity index (χ2n) is 8.61. The smallest absolute Gasteiger partial charge is 0.225 e. The maximum atomic E-state index is 13.4. The number of anilines is 1. The molecule has 1 unspecified atom stereocenters. The van der Waals surface area contributed by atoms with Crippen LogP contribution in [0, 0.1) is 25.6 Å². The average molecular weight is 464 g/mol. The van der Waals surface area contributed by atoms with Gasteiger partial charge in [0.05, 0.1) is 22.0 Å². The highest BCUT2D eigenvalue weighted by molar-refractivity contribution is 7.22. The molecule has 0 aliphatic carbocycles. The summed E-state index contributed by atoms with van der Waals surface area (Å²) in [6.45, 7) is 6.09. The fraction of sp³-hybridized carbons (Fsp3) is 0.320. The van der Waals surface area contributed by atoms with Gasteiger partial charge in [-0.3, -0.25) is 4.79 Å². The van der Waals surface area contributed by atoms with Crippen molar-refractivity contribution >= 4 is 32.7 Å². The van der Waals surface area contributed by atoms with Gasteiger partial charge in [-0.2, -0.15) is 10.1 Å². The van der Waals surface area contributed by atoms with E-state index in [9.17, 15) is 9.18 Å². The Kier molecular flexibility index (Phi) is 5.85.